The highest BCUT2D eigenvalue weighted by molar-refractivity contribution is 14.0. The van der Waals surface area contributed by atoms with Gasteiger partial charge >= 0.3 is 0 Å². The van der Waals surface area contributed by atoms with Crippen molar-refractivity contribution < 1.29 is 0 Å². The smallest absolute Gasteiger partial charge is 0.193 e. The van der Waals surface area contributed by atoms with Crippen LogP contribution in [-0.4, -0.2) is 59.6 Å². The fourth-order valence-electron chi connectivity index (χ4n) is 2.99. The second-order valence-electron chi connectivity index (χ2n) is 6.65. The molecule has 1 fully saturated rings. The molecule has 1 saturated carbocycles. The Balaban J connectivity index is 0.00000288. The Morgan fingerprint density at radius 3 is 2.58 bits per heavy atom. The molecule has 7 heteroatoms. The van der Waals surface area contributed by atoms with Crippen molar-refractivity contribution in [2.75, 3.05) is 27.2 Å². The van der Waals surface area contributed by atoms with Crippen molar-refractivity contribution in [2.45, 2.75) is 45.3 Å². The molecule has 138 valence electrons. The third-order valence-corrected chi connectivity index (χ3v) is 4.81. The third-order valence-electron chi connectivity index (χ3n) is 4.38. The van der Waals surface area contributed by atoms with E-state index in [9.17, 15) is 0 Å². The summed E-state index contributed by atoms with van der Waals surface area (Å²) in [5.74, 6) is 0.946. The molecule has 0 bridgehead atoms. The lowest BCUT2D eigenvalue weighted by atomic mass is 10.3. The lowest BCUT2D eigenvalue weighted by Crippen LogP contribution is -2.44. The van der Waals surface area contributed by atoms with Crippen molar-refractivity contribution >= 4 is 45.9 Å². The fraction of sp³-hybridized carbons (Fsp3) is 0.706. The van der Waals surface area contributed by atoms with Gasteiger partial charge in [0.1, 0.15) is 0 Å². The fourth-order valence-corrected chi connectivity index (χ4v) is 3.56. The Morgan fingerprint density at radius 2 is 2.12 bits per heavy atom. The first-order valence-electron chi connectivity index (χ1n) is 8.40. The lowest BCUT2D eigenvalue weighted by molar-refractivity contribution is 0.214. The van der Waals surface area contributed by atoms with Crippen LogP contribution < -0.4 is 5.32 Å². The molecule has 1 aromatic heterocycles. The molecule has 5 nitrogen and oxygen atoms in total. The van der Waals surface area contributed by atoms with Crippen molar-refractivity contribution in [3.8, 4) is 0 Å². The van der Waals surface area contributed by atoms with Gasteiger partial charge in [-0.25, -0.2) is 0 Å². The van der Waals surface area contributed by atoms with Crippen LogP contribution in [0.15, 0.2) is 21.7 Å². The molecule has 0 radical (unpaired) electrons. The van der Waals surface area contributed by atoms with E-state index in [1.54, 1.807) is 0 Å². The molecule has 0 aromatic carbocycles. The number of guanidine groups is 1. The molecule has 1 aliphatic rings. The summed E-state index contributed by atoms with van der Waals surface area (Å²) in [5, 5.41) is 3.50. The summed E-state index contributed by atoms with van der Waals surface area (Å²) in [6.07, 6.45) is 4.79. The Hall–Kier alpha value is -0.280. The van der Waals surface area contributed by atoms with Gasteiger partial charge in [-0.3, -0.25) is 9.89 Å². The predicted octanol–water partition coefficient (Wildman–Crippen LogP) is 3.29. The van der Waals surface area contributed by atoms with E-state index < -0.39 is 0 Å². The highest BCUT2D eigenvalue weighted by atomic mass is 127. The van der Waals surface area contributed by atoms with E-state index in [-0.39, 0.29) is 24.0 Å². The Labute approximate surface area is 172 Å². The Bertz CT molecular complexity index is 537. The molecule has 0 saturated heterocycles. The average Bonchev–Trinajstić information content (AvgIpc) is 3.25. The van der Waals surface area contributed by atoms with Crippen molar-refractivity contribution in [3.05, 3.63) is 22.4 Å². The van der Waals surface area contributed by atoms with Crippen LogP contribution in [0.3, 0.4) is 0 Å². The van der Waals surface area contributed by atoms with Crippen molar-refractivity contribution in [1.29, 1.82) is 0 Å². The van der Waals surface area contributed by atoms with Gasteiger partial charge in [0.25, 0.3) is 0 Å². The zero-order chi connectivity index (χ0) is 17.0. The van der Waals surface area contributed by atoms with Gasteiger partial charge in [0.05, 0.1) is 6.54 Å². The summed E-state index contributed by atoms with van der Waals surface area (Å²) < 4.78 is 3.25. The van der Waals surface area contributed by atoms with Crippen LogP contribution in [0.4, 0.5) is 0 Å². The molecule has 0 atom stereocenters. The van der Waals surface area contributed by atoms with Gasteiger partial charge in [-0.1, -0.05) is 0 Å². The minimum atomic E-state index is 0. The Kier molecular flexibility index (Phi) is 9.08. The summed E-state index contributed by atoms with van der Waals surface area (Å²) in [5.41, 5.74) is 1.25. The van der Waals surface area contributed by atoms with Gasteiger partial charge in [-0.05, 0) is 48.7 Å². The van der Waals surface area contributed by atoms with Gasteiger partial charge in [0, 0.05) is 62.7 Å². The summed E-state index contributed by atoms with van der Waals surface area (Å²) >= 11 is 3.53. The molecule has 2 rings (SSSR count). The molecule has 1 aromatic rings. The second kappa shape index (κ2) is 10.0. The van der Waals surface area contributed by atoms with Crippen LogP contribution in [0.25, 0.3) is 0 Å². The summed E-state index contributed by atoms with van der Waals surface area (Å²) in [6, 6.07) is 3.57. The maximum atomic E-state index is 4.41. The SMILES string of the molecule is CN=C(NCCN(C(C)C)C1CC1)N(C)Cc1cc(Br)cn1C.I. The number of nitrogens with one attached hydrogen (secondary N) is 1. The molecular formula is C17H31BrIN5. The van der Waals surface area contributed by atoms with E-state index >= 15 is 0 Å². The van der Waals surface area contributed by atoms with Gasteiger partial charge < -0.3 is 14.8 Å². The van der Waals surface area contributed by atoms with E-state index in [1.807, 2.05) is 7.05 Å². The van der Waals surface area contributed by atoms with Gasteiger partial charge in [-0.2, -0.15) is 0 Å². The first-order chi connectivity index (χ1) is 10.9. The number of hydrogen-bond donors (Lipinski definition) is 1. The first-order valence-corrected chi connectivity index (χ1v) is 9.20. The van der Waals surface area contributed by atoms with Crippen LogP contribution in [0, 0.1) is 0 Å². The molecule has 0 amide bonds. The summed E-state index contributed by atoms with van der Waals surface area (Å²) in [4.78, 5) is 9.17. The van der Waals surface area contributed by atoms with Crippen LogP contribution in [0.5, 0.6) is 0 Å². The predicted molar refractivity (Wildman–Crippen MR) is 116 cm³/mol. The van der Waals surface area contributed by atoms with Gasteiger partial charge in [0.2, 0.25) is 0 Å². The topological polar surface area (TPSA) is 35.8 Å². The number of hydrogen-bond acceptors (Lipinski definition) is 2. The van der Waals surface area contributed by atoms with Crippen LogP contribution in [-0.2, 0) is 13.6 Å². The third kappa shape index (κ3) is 6.22. The second-order valence-corrected chi connectivity index (χ2v) is 7.57. The van der Waals surface area contributed by atoms with E-state index in [4.69, 9.17) is 0 Å². The molecule has 0 aliphatic heterocycles. The molecule has 1 aliphatic carbocycles. The zero-order valence-electron chi connectivity index (χ0n) is 15.4. The summed E-state index contributed by atoms with van der Waals surface area (Å²) in [7, 11) is 6.00. The minimum absolute atomic E-state index is 0. The number of aromatic nitrogens is 1. The monoisotopic (exact) mass is 511 g/mol. The van der Waals surface area contributed by atoms with E-state index in [0.29, 0.717) is 6.04 Å². The number of nitrogens with zero attached hydrogens (tertiary/aromatic N) is 4. The maximum Gasteiger partial charge on any atom is 0.193 e. The minimum Gasteiger partial charge on any atom is -0.355 e. The maximum absolute atomic E-state index is 4.41. The largest absolute Gasteiger partial charge is 0.355 e. The van der Waals surface area contributed by atoms with Crippen molar-refractivity contribution in [1.82, 2.24) is 19.7 Å². The highest BCUT2D eigenvalue weighted by Crippen LogP contribution is 2.27. The standard InChI is InChI=1S/C17H30BrN5.HI/c1-13(2)23(15-6-7-15)9-8-20-17(19-3)22(5)12-16-10-14(18)11-21(16)4;/h10-11,13,15H,6-9,12H2,1-5H3,(H,19,20);1H. The first kappa shape index (κ1) is 21.8. The lowest BCUT2D eigenvalue weighted by Gasteiger charge is -2.28. The van der Waals surface area contributed by atoms with Crippen LogP contribution in [0.1, 0.15) is 32.4 Å². The van der Waals surface area contributed by atoms with Gasteiger partial charge in [-0.15, -0.1) is 24.0 Å². The quantitative estimate of drug-likeness (QED) is 0.346. The van der Waals surface area contributed by atoms with E-state index in [0.717, 1.165) is 36.1 Å². The molecular weight excluding hydrogens is 481 g/mol. The molecule has 1 heterocycles. The van der Waals surface area contributed by atoms with Crippen LogP contribution >= 0.6 is 39.9 Å². The van der Waals surface area contributed by atoms with Crippen molar-refractivity contribution in [3.63, 3.8) is 0 Å². The Morgan fingerprint density at radius 1 is 1.46 bits per heavy atom. The van der Waals surface area contributed by atoms with Gasteiger partial charge in [0.15, 0.2) is 5.96 Å². The average molecular weight is 512 g/mol. The zero-order valence-corrected chi connectivity index (χ0v) is 19.3. The number of halogens is 2. The van der Waals surface area contributed by atoms with Crippen LogP contribution in [0.2, 0.25) is 0 Å². The molecule has 0 spiro atoms. The van der Waals surface area contributed by atoms with E-state index in [2.05, 4.69) is 80.8 Å². The molecule has 1 N–H and O–H groups in total. The van der Waals surface area contributed by atoms with E-state index in [1.165, 1.54) is 18.5 Å². The number of aliphatic imine (C=N–C) groups is 1. The molecule has 0 unspecified atom stereocenters. The number of rotatable bonds is 7. The normalized spacial score (nSPS) is 14.9. The summed E-state index contributed by atoms with van der Waals surface area (Å²) in [6.45, 7) is 7.41. The molecule has 24 heavy (non-hydrogen) atoms. The highest BCUT2D eigenvalue weighted by Gasteiger charge is 2.30. The van der Waals surface area contributed by atoms with Crippen molar-refractivity contribution in [2.24, 2.45) is 12.0 Å². The number of aryl methyl sites for hydroxylation is 1.